The maximum absolute atomic E-state index is 12.7. The lowest BCUT2D eigenvalue weighted by Gasteiger charge is -2.30. The first-order chi connectivity index (χ1) is 10.8. The van der Waals surface area contributed by atoms with E-state index in [1.807, 2.05) is 6.92 Å². The summed E-state index contributed by atoms with van der Waals surface area (Å²) in [6.45, 7) is 6.12. The number of hydrogen-bond donors (Lipinski definition) is 0. The highest BCUT2D eigenvalue weighted by Gasteiger charge is 2.37. The van der Waals surface area contributed by atoms with Crippen LogP contribution >= 0.6 is 0 Å². The summed E-state index contributed by atoms with van der Waals surface area (Å²) in [6.07, 6.45) is 0.836. The van der Waals surface area contributed by atoms with Crippen LogP contribution in [0.3, 0.4) is 0 Å². The third-order valence-electron chi connectivity index (χ3n) is 4.86. The monoisotopic (exact) mass is 330 g/mol. The molecule has 1 aromatic carbocycles. The predicted octanol–water partition coefficient (Wildman–Crippen LogP) is 6.20. The van der Waals surface area contributed by atoms with E-state index in [2.05, 4.69) is 18.6 Å². The lowest BCUT2D eigenvalue weighted by atomic mass is 9.97. The van der Waals surface area contributed by atoms with Crippen LogP contribution in [0.4, 0.5) is 13.2 Å². The van der Waals surface area contributed by atoms with E-state index >= 15 is 0 Å². The molecule has 130 valence electrons. The Labute approximate surface area is 136 Å². The Bertz CT molecular complexity index is 519. The first kappa shape index (κ1) is 18.0. The van der Waals surface area contributed by atoms with Gasteiger partial charge in [-0.1, -0.05) is 26.8 Å². The topological polar surface area (TPSA) is 18.5 Å². The van der Waals surface area contributed by atoms with E-state index in [0.717, 1.165) is 44.1 Å². The summed E-state index contributed by atoms with van der Waals surface area (Å²) in [5.74, 6) is 0.228. The molecule has 0 bridgehead atoms. The predicted molar refractivity (Wildman–Crippen MR) is 83.9 cm³/mol. The van der Waals surface area contributed by atoms with Gasteiger partial charge in [0, 0.05) is 0 Å². The maximum atomic E-state index is 12.7. The molecule has 1 unspecified atom stereocenters. The van der Waals surface area contributed by atoms with E-state index in [-0.39, 0.29) is 23.0 Å². The Balaban J connectivity index is 2.35. The fourth-order valence-corrected chi connectivity index (χ4v) is 3.14. The third kappa shape index (κ3) is 4.55. The van der Waals surface area contributed by atoms with Crippen LogP contribution in [-0.2, 0) is 0 Å². The molecule has 0 heterocycles. The zero-order valence-electron chi connectivity index (χ0n) is 14.0. The van der Waals surface area contributed by atoms with Crippen molar-refractivity contribution in [2.45, 2.75) is 77.2 Å². The molecule has 5 heteroatoms. The van der Waals surface area contributed by atoms with E-state index in [0.29, 0.717) is 0 Å². The lowest BCUT2D eigenvalue weighted by Crippen LogP contribution is -2.32. The molecule has 2 nitrogen and oxygen atoms in total. The van der Waals surface area contributed by atoms with Gasteiger partial charge in [-0.05, 0) is 62.1 Å². The standard InChI is InChI=1S/C18H25F3O2/c1-4-13(3)14-8-9-15(23-18(19,20)21)16(12-14)22-17(5-2)10-6-7-11-17/h8-9,12-13H,4-7,10-11H2,1-3H3. The van der Waals surface area contributed by atoms with Crippen LogP contribution in [0.25, 0.3) is 0 Å². The second-order valence-electron chi connectivity index (χ2n) is 6.41. The molecule has 2 rings (SSSR count). The highest BCUT2D eigenvalue weighted by Crippen LogP contribution is 2.42. The van der Waals surface area contributed by atoms with Gasteiger partial charge in [0.15, 0.2) is 11.5 Å². The number of alkyl halides is 3. The Morgan fingerprint density at radius 1 is 1.13 bits per heavy atom. The Morgan fingerprint density at radius 2 is 1.78 bits per heavy atom. The minimum absolute atomic E-state index is 0.212. The number of halogens is 3. The molecule has 0 aromatic heterocycles. The molecule has 1 aliphatic carbocycles. The van der Waals surface area contributed by atoms with Crippen LogP contribution in [0.2, 0.25) is 0 Å². The van der Waals surface area contributed by atoms with Gasteiger partial charge in [0.1, 0.15) is 5.60 Å². The van der Waals surface area contributed by atoms with Crippen molar-refractivity contribution in [3.8, 4) is 11.5 Å². The zero-order chi connectivity index (χ0) is 17.1. The second-order valence-corrected chi connectivity index (χ2v) is 6.41. The highest BCUT2D eigenvalue weighted by molar-refractivity contribution is 5.44. The van der Waals surface area contributed by atoms with Gasteiger partial charge in [0.05, 0.1) is 0 Å². The summed E-state index contributed by atoms with van der Waals surface area (Å²) in [5, 5.41) is 0. The van der Waals surface area contributed by atoms with Gasteiger partial charge in [-0.3, -0.25) is 0 Å². The molecule has 1 aliphatic rings. The Hall–Kier alpha value is -1.39. The lowest BCUT2D eigenvalue weighted by molar-refractivity contribution is -0.275. The number of rotatable bonds is 6. The first-order valence-electron chi connectivity index (χ1n) is 8.37. The molecule has 0 N–H and O–H groups in total. The molecule has 1 atom stereocenters. The average Bonchev–Trinajstić information content (AvgIpc) is 2.96. The smallest absolute Gasteiger partial charge is 0.483 e. The van der Waals surface area contributed by atoms with E-state index in [1.54, 1.807) is 12.1 Å². The van der Waals surface area contributed by atoms with Crippen molar-refractivity contribution in [1.82, 2.24) is 0 Å². The quantitative estimate of drug-likeness (QED) is 0.618. The van der Waals surface area contributed by atoms with Crippen LogP contribution in [0.1, 0.15) is 70.8 Å². The summed E-state index contributed by atoms with van der Waals surface area (Å²) < 4.78 is 48.3. The summed E-state index contributed by atoms with van der Waals surface area (Å²) in [4.78, 5) is 0. The van der Waals surface area contributed by atoms with Gasteiger partial charge in [0.25, 0.3) is 0 Å². The molecule has 1 saturated carbocycles. The van der Waals surface area contributed by atoms with Gasteiger partial charge >= 0.3 is 6.36 Å². The average molecular weight is 330 g/mol. The molecule has 0 amide bonds. The maximum Gasteiger partial charge on any atom is 0.573 e. The minimum Gasteiger partial charge on any atom is -0.483 e. The van der Waals surface area contributed by atoms with Crippen molar-refractivity contribution >= 4 is 0 Å². The second kappa shape index (κ2) is 7.02. The fourth-order valence-electron chi connectivity index (χ4n) is 3.14. The molecular formula is C18H25F3O2. The number of hydrogen-bond acceptors (Lipinski definition) is 2. The minimum atomic E-state index is -4.72. The van der Waals surface area contributed by atoms with E-state index < -0.39 is 6.36 Å². The summed E-state index contributed by atoms with van der Waals surface area (Å²) in [5.41, 5.74) is 0.610. The molecule has 0 radical (unpaired) electrons. The number of ether oxygens (including phenoxy) is 2. The van der Waals surface area contributed by atoms with Crippen molar-refractivity contribution in [3.63, 3.8) is 0 Å². The van der Waals surface area contributed by atoms with Gasteiger partial charge in [-0.15, -0.1) is 13.2 Å². The fraction of sp³-hybridized carbons (Fsp3) is 0.667. The van der Waals surface area contributed by atoms with Crippen LogP contribution < -0.4 is 9.47 Å². The Kier molecular flexibility index (Phi) is 5.48. The van der Waals surface area contributed by atoms with E-state index in [1.165, 1.54) is 6.07 Å². The van der Waals surface area contributed by atoms with E-state index in [4.69, 9.17) is 4.74 Å². The molecule has 0 saturated heterocycles. The summed E-state index contributed by atoms with van der Waals surface area (Å²) in [7, 11) is 0. The number of benzene rings is 1. The Morgan fingerprint density at radius 3 is 2.30 bits per heavy atom. The van der Waals surface area contributed by atoms with Crippen molar-refractivity contribution < 1.29 is 22.6 Å². The van der Waals surface area contributed by atoms with Crippen molar-refractivity contribution in [2.75, 3.05) is 0 Å². The van der Waals surface area contributed by atoms with Gasteiger partial charge < -0.3 is 9.47 Å². The van der Waals surface area contributed by atoms with Gasteiger partial charge in [0.2, 0.25) is 0 Å². The van der Waals surface area contributed by atoms with Gasteiger partial charge in [-0.25, -0.2) is 0 Å². The van der Waals surface area contributed by atoms with Crippen LogP contribution in [-0.4, -0.2) is 12.0 Å². The molecule has 0 aliphatic heterocycles. The molecule has 1 aromatic rings. The first-order valence-corrected chi connectivity index (χ1v) is 8.37. The van der Waals surface area contributed by atoms with Crippen molar-refractivity contribution in [3.05, 3.63) is 23.8 Å². The summed E-state index contributed by atoms with van der Waals surface area (Å²) >= 11 is 0. The van der Waals surface area contributed by atoms with Gasteiger partial charge in [-0.2, -0.15) is 0 Å². The largest absolute Gasteiger partial charge is 0.573 e. The molecule has 0 spiro atoms. The van der Waals surface area contributed by atoms with Crippen LogP contribution in [0, 0.1) is 0 Å². The zero-order valence-corrected chi connectivity index (χ0v) is 14.0. The summed E-state index contributed by atoms with van der Waals surface area (Å²) in [6, 6.07) is 4.78. The van der Waals surface area contributed by atoms with Crippen molar-refractivity contribution in [1.29, 1.82) is 0 Å². The van der Waals surface area contributed by atoms with Crippen LogP contribution in [0.5, 0.6) is 11.5 Å². The van der Waals surface area contributed by atoms with Crippen LogP contribution in [0.15, 0.2) is 18.2 Å². The SMILES string of the molecule is CCC(C)c1ccc(OC(F)(F)F)c(OC2(CC)CCCC2)c1. The molecule has 1 fully saturated rings. The molecule has 23 heavy (non-hydrogen) atoms. The van der Waals surface area contributed by atoms with Crippen molar-refractivity contribution in [2.24, 2.45) is 0 Å². The highest BCUT2D eigenvalue weighted by atomic mass is 19.4. The normalized spacial score (nSPS) is 18.7. The van der Waals surface area contributed by atoms with E-state index in [9.17, 15) is 13.2 Å². The third-order valence-corrected chi connectivity index (χ3v) is 4.86. The molecular weight excluding hydrogens is 305 g/mol.